The molecule has 2 rings (SSSR count). The van der Waals surface area contributed by atoms with E-state index in [1.807, 2.05) is 11.3 Å². The first-order valence-electron chi connectivity index (χ1n) is 5.16. The second-order valence-corrected chi connectivity index (χ2v) is 4.99. The lowest BCUT2D eigenvalue weighted by Gasteiger charge is -2.20. The van der Waals surface area contributed by atoms with Crippen molar-refractivity contribution in [3.8, 4) is 0 Å². The SMILES string of the molecule is CCc1cc2c(s1)CCCC2CN. The molecule has 13 heavy (non-hydrogen) atoms. The molecule has 2 heteroatoms. The van der Waals surface area contributed by atoms with Crippen molar-refractivity contribution in [3.63, 3.8) is 0 Å². The number of rotatable bonds is 2. The van der Waals surface area contributed by atoms with E-state index in [2.05, 4.69) is 13.0 Å². The molecule has 0 saturated carbocycles. The highest BCUT2D eigenvalue weighted by molar-refractivity contribution is 7.12. The van der Waals surface area contributed by atoms with Crippen molar-refractivity contribution in [2.45, 2.75) is 38.5 Å². The predicted octanol–water partition coefficient (Wildman–Crippen LogP) is 2.69. The molecule has 0 aliphatic heterocycles. The molecule has 1 unspecified atom stereocenters. The van der Waals surface area contributed by atoms with E-state index >= 15 is 0 Å². The molecule has 0 aromatic carbocycles. The van der Waals surface area contributed by atoms with Gasteiger partial charge in [0.25, 0.3) is 0 Å². The van der Waals surface area contributed by atoms with Crippen LogP contribution in [0.3, 0.4) is 0 Å². The molecule has 1 aromatic rings. The fraction of sp³-hybridized carbons (Fsp3) is 0.636. The van der Waals surface area contributed by atoms with Crippen LogP contribution in [0.5, 0.6) is 0 Å². The summed E-state index contributed by atoms with van der Waals surface area (Å²) in [7, 11) is 0. The molecule has 72 valence electrons. The second-order valence-electron chi connectivity index (χ2n) is 3.77. The first-order valence-corrected chi connectivity index (χ1v) is 5.98. The molecule has 0 spiro atoms. The van der Waals surface area contributed by atoms with E-state index in [0.29, 0.717) is 5.92 Å². The standard InChI is InChI=1S/C11H17NS/c1-2-9-6-10-8(7-12)4-3-5-11(10)13-9/h6,8H,2-5,7,12H2,1H3. The van der Waals surface area contributed by atoms with Crippen LogP contribution in [0.4, 0.5) is 0 Å². The molecule has 1 aliphatic rings. The Morgan fingerprint density at radius 2 is 2.46 bits per heavy atom. The van der Waals surface area contributed by atoms with Crippen molar-refractivity contribution >= 4 is 11.3 Å². The van der Waals surface area contributed by atoms with Crippen molar-refractivity contribution in [1.29, 1.82) is 0 Å². The fourth-order valence-corrected chi connectivity index (χ4v) is 3.36. The quantitative estimate of drug-likeness (QED) is 0.771. The Bertz CT molecular complexity index is 290. The molecule has 2 N–H and O–H groups in total. The van der Waals surface area contributed by atoms with Crippen LogP contribution in [0.2, 0.25) is 0 Å². The first-order chi connectivity index (χ1) is 6.35. The molecule has 0 fully saturated rings. The van der Waals surface area contributed by atoms with Gasteiger partial charge in [0.05, 0.1) is 0 Å². The van der Waals surface area contributed by atoms with E-state index in [-0.39, 0.29) is 0 Å². The monoisotopic (exact) mass is 195 g/mol. The van der Waals surface area contributed by atoms with Gasteiger partial charge >= 0.3 is 0 Å². The van der Waals surface area contributed by atoms with Gasteiger partial charge in [-0.1, -0.05) is 6.92 Å². The van der Waals surface area contributed by atoms with Crippen LogP contribution in [0, 0.1) is 0 Å². The summed E-state index contributed by atoms with van der Waals surface area (Å²) in [5.74, 6) is 0.653. The van der Waals surface area contributed by atoms with E-state index in [1.54, 1.807) is 10.4 Å². The molecule has 1 heterocycles. The molecule has 1 aliphatic carbocycles. The molecule has 1 nitrogen and oxygen atoms in total. The van der Waals surface area contributed by atoms with E-state index in [9.17, 15) is 0 Å². The summed E-state index contributed by atoms with van der Waals surface area (Å²) in [4.78, 5) is 3.14. The molecular formula is C11H17NS. The lowest BCUT2D eigenvalue weighted by molar-refractivity contribution is 0.567. The van der Waals surface area contributed by atoms with Crippen LogP contribution in [0.1, 0.15) is 41.0 Å². The number of aryl methyl sites for hydroxylation is 2. The van der Waals surface area contributed by atoms with Gasteiger partial charge in [-0.05, 0) is 49.8 Å². The molecule has 1 atom stereocenters. The van der Waals surface area contributed by atoms with Crippen molar-refractivity contribution < 1.29 is 0 Å². The molecule has 0 amide bonds. The van der Waals surface area contributed by atoms with Crippen molar-refractivity contribution in [3.05, 3.63) is 21.4 Å². The number of fused-ring (bicyclic) bond motifs is 1. The Hall–Kier alpha value is -0.340. The highest BCUT2D eigenvalue weighted by Gasteiger charge is 2.21. The minimum Gasteiger partial charge on any atom is -0.330 e. The van der Waals surface area contributed by atoms with E-state index in [0.717, 1.165) is 6.54 Å². The van der Waals surface area contributed by atoms with Gasteiger partial charge in [0, 0.05) is 9.75 Å². The summed E-state index contributed by atoms with van der Waals surface area (Å²) in [5.41, 5.74) is 7.34. The lowest BCUT2D eigenvalue weighted by atomic mass is 9.88. The molecule has 0 radical (unpaired) electrons. The van der Waals surface area contributed by atoms with Gasteiger partial charge in [-0.15, -0.1) is 11.3 Å². The van der Waals surface area contributed by atoms with Crippen LogP contribution in [0.15, 0.2) is 6.07 Å². The Labute approximate surface area is 84.0 Å². The van der Waals surface area contributed by atoms with Crippen LogP contribution in [-0.4, -0.2) is 6.54 Å². The van der Waals surface area contributed by atoms with E-state index in [1.165, 1.54) is 30.6 Å². The zero-order chi connectivity index (χ0) is 9.26. The Morgan fingerprint density at radius 3 is 3.15 bits per heavy atom. The van der Waals surface area contributed by atoms with Crippen molar-refractivity contribution in [1.82, 2.24) is 0 Å². The maximum atomic E-state index is 5.77. The highest BCUT2D eigenvalue weighted by atomic mass is 32.1. The van der Waals surface area contributed by atoms with Gasteiger partial charge in [-0.3, -0.25) is 0 Å². The van der Waals surface area contributed by atoms with Gasteiger partial charge in [0.2, 0.25) is 0 Å². The summed E-state index contributed by atoms with van der Waals surface area (Å²) < 4.78 is 0. The van der Waals surface area contributed by atoms with Crippen LogP contribution in [-0.2, 0) is 12.8 Å². The molecule has 1 aromatic heterocycles. The van der Waals surface area contributed by atoms with E-state index in [4.69, 9.17) is 5.73 Å². The predicted molar refractivity (Wildman–Crippen MR) is 58.4 cm³/mol. The average molecular weight is 195 g/mol. The lowest BCUT2D eigenvalue weighted by Crippen LogP contribution is -2.16. The Balaban J connectivity index is 2.32. The normalized spacial score (nSPS) is 21.5. The third kappa shape index (κ3) is 1.65. The van der Waals surface area contributed by atoms with Gasteiger partial charge in [0.1, 0.15) is 0 Å². The third-order valence-electron chi connectivity index (χ3n) is 2.92. The minimum atomic E-state index is 0.653. The number of hydrogen-bond acceptors (Lipinski definition) is 2. The number of hydrogen-bond donors (Lipinski definition) is 1. The topological polar surface area (TPSA) is 26.0 Å². The zero-order valence-electron chi connectivity index (χ0n) is 8.18. The maximum absolute atomic E-state index is 5.77. The molecular weight excluding hydrogens is 178 g/mol. The number of thiophene rings is 1. The largest absolute Gasteiger partial charge is 0.330 e. The summed E-state index contributed by atoms with van der Waals surface area (Å²) >= 11 is 2.00. The summed E-state index contributed by atoms with van der Waals surface area (Å²) in [5, 5.41) is 0. The summed E-state index contributed by atoms with van der Waals surface area (Å²) in [6.07, 6.45) is 5.09. The number of nitrogens with two attached hydrogens (primary N) is 1. The molecule has 0 bridgehead atoms. The van der Waals surface area contributed by atoms with Gasteiger partial charge in [0.15, 0.2) is 0 Å². The fourth-order valence-electron chi connectivity index (χ4n) is 2.13. The maximum Gasteiger partial charge on any atom is 0.00834 e. The zero-order valence-corrected chi connectivity index (χ0v) is 8.99. The summed E-state index contributed by atoms with van der Waals surface area (Å²) in [6.45, 7) is 3.06. The van der Waals surface area contributed by atoms with Gasteiger partial charge in [-0.2, -0.15) is 0 Å². The van der Waals surface area contributed by atoms with Crippen molar-refractivity contribution in [2.75, 3.05) is 6.54 Å². The Kier molecular flexibility index (Phi) is 2.70. The second kappa shape index (κ2) is 3.81. The minimum absolute atomic E-state index is 0.653. The summed E-state index contributed by atoms with van der Waals surface area (Å²) in [6, 6.07) is 2.39. The van der Waals surface area contributed by atoms with Crippen molar-refractivity contribution in [2.24, 2.45) is 5.73 Å². The Morgan fingerprint density at radius 1 is 1.62 bits per heavy atom. The van der Waals surface area contributed by atoms with Crippen LogP contribution < -0.4 is 5.73 Å². The molecule has 0 saturated heterocycles. The third-order valence-corrected chi connectivity index (χ3v) is 4.28. The average Bonchev–Trinajstić information content (AvgIpc) is 2.59. The van der Waals surface area contributed by atoms with Gasteiger partial charge < -0.3 is 5.73 Å². The van der Waals surface area contributed by atoms with E-state index < -0.39 is 0 Å². The highest BCUT2D eigenvalue weighted by Crippen LogP contribution is 2.36. The first kappa shape index (κ1) is 9.22. The van der Waals surface area contributed by atoms with Crippen LogP contribution >= 0.6 is 11.3 Å². The smallest absolute Gasteiger partial charge is 0.00834 e. The van der Waals surface area contributed by atoms with Gasteiger partial charge in [-0.25, -0.2) is 0 Å². The van der Waals surface area contributed by atoms with Crippen LogP contribution in [0.25, 0.3) is 0 Å².